The van der Waals surface area contributed by atoms with E-state index in [-0.39, 0.29) is 6.61 Å². The molecule has 4 nitrogen and oxygen atoms in total. The Bertz CT molecular complexity index is 382. The summed E-state index contributed by atoms with van der Waals surface area (Å²) >= 11 is 0. The van der Waals surface area contributed by atoms with Crippen molar-refractivity contribution in [2.75, 3.05) is 18.5 Å². The largest absolute Gasteiger partial charge is 0.396 e. The topological polar surface area (TPSA) is 68.9 Å². The Kier molecular flexibility index (Phi) is 4.74. The van der Waals surface area contributed by atoms with E-state index < -0.39 is 0 Å². The first kappa shape index (κ1) is 12.5. The van der Waals surface area contributed by atoms with Crippen molar-refractivity contribution in [2.24, 2.45) is 0 Å². The number of pyridine rings is 1. The van der Waals surface area contributed by atoms with Crippen LogP contribution in [0.3, 0.4) is 0 Å². The van der Waals surface area contributed by atoms with E-state index in [0.717, 1.165) is 5.69 Å². The van der Waals surface area contributed by atoms with Crippen LogP contribution in [0.15, 0.2) is 12.1 Å². The summed E-state index contributed by atoms with van der Waals surface area (Å²) in [5.41, 5.74) is 1.51. The highest BCUT2D eigenvalue weighted by Gasteiger charge is 2.07. The van der Waals surface area contributed by atoms with E-state index in [1.807, 2.05) is 6.07 Å². The highest BCUT2D eigenvalue weighted by atomic mass is 16.3. The van der Waals surface area contributed by atoms with Crippen LogP contribution in [0, 0.1) is 11.3 Å². The molecule has 0 atom stereocenters. The second-order valence-corrected chi connectivity index (χ2v) is 3.90. The standard InChI is InChI=1S/C12H17N3O/c1-9(2)11-5-4-10(8-13)12(15-11)14-6-3-7-16/h4-5,9,16H,3,6-7H2,1-2H3,(H,14,15). The lowest BCUT2D eigenvalue weighted by molar-refractivity contribution is 0.292. The molecule has 1 aromatic heterocycles. The van der Waals surface area contributed by atoms with Gasteiger partial charge in [-0.05, 0) is 24.5 Å². The second kappa shape index (κ2) is 6.09. The molecule has 1 aromatic rings. The minimum atomic E-state index is 0.138. The number of anilines is 1. The Hall–Kier alpha value is -1.60. The molecule has 0 saturated heterocycles. The van der Waals surface area contributed by atoms with Gasteiger partial charge in [-0.15, -0.1) is 0 Å². The van der Waals surface area contributed by atoms with Crippen LogP contribution in [0.5, 0.6) is 0 Å². The van der Waals surface area contributed by atoms with Crippen LogP contribution in [0.1, 0.15) is 37.4 Å². The number of nitrogens with one attached hydrogen (secondary N) is 1. The number of hydrogen-bond acceptors (Lipinski definition) is 4. The summed E-state index contributed by atoms with van der Waals surface area (Å²) in [5.74, 6) is 0.952. The van der Waals surface area contributed by atoms with E-state index in [2.05, 4.69) is 30.2 Å². The third-order valence-corrected chi connectivity index (χ3v) is 2.26. The number of aliphatic hydroxyl groups is 1. The predicted molar refractivity (Wildman–Crippen MR) is 63.2 cm³/mol. The van der Waals surface area contributed by atoms with Gasteiger partial charge in [-0.1, -0.05) is 13.8 Å². The lowest BCUT2D eigenvalue weighted by Crippen LogP contribution is -2.08. The molecule has 16 heavy (non-hydrogen) atoms. The van der Waals surface area contributed by atoms with Crippen LogP contribution in [0.4, 0.5) is 5.82 Å². The van der Waals surface area contributed by atoms with Gasteiger partial charge in [0.15, 0.2) is 0 Å². The molecule has 0 fully saturated rings. The fraction of sp³-hybridized carbons (Fsp3) is 0.500. The van der Waals surface area contributed by atoms with Crippen molar-refractivity contribution in [3.8, 4) is 6.07 Å². The van der Waals surface area contributed by atoms with Crippen LogP contribution in [0.25, 0.3) is 0 Å². The van der Waals surface area contributed by atoms with Crippen LogP contribution < -0.4 is 5.32 Å². The zero-order valence-electron chi connectivity index (χ0n) is 9.70. The molecule has 2 N–H and O–H groups in total. The van der Waals surface area contributed by atoms with Gasteiger partial charge in [0.25, 0.3) is 0 Å². The van der Waals surface area contributed by atoms with Gasteiger partial charge in [-0.3, -0.25) is 0 Å². The van der Waals surface area contributed by atoms with Crippen molar-refractivity contribution in [3.05, 3.63) is 23.4 Å². The fourth-order valence-corrected chi connectivity index (χ4v) is 1.31. The molecule has 0 radical (unpaired) electrons. The lowest BCUT2D eigenvalue weighted by Gasteiger charge is -2.10. The summed E-state index contributed by atoms with van der Waals surface area (Å²) in [6, 6.07) is 5.76. The van der Waals surface area contributed by atoms with Gasteiger partial charge in [0.1, 0.15) is 11.9 Å². The van der Waals surface area contributed by atoms with E-state index >= 15 is 0 Å². The first-order valence-corrected chi connectivity index (χ1v) is 5.44. The number of aromatic nitrogens is 1. The Labute approximate surface area is 95.9 Å². The molecule has 0 aromatic carbocycles. The van der Waals surface area contributed by atoms with Crippen LogP contribution in [-0.2, 0) is 0 Å². The van der Waals surface area contributed by atoms with E-state index in [0.29, 0.717) is 30.3 Å². The molecule has 0 aliphatic heterocycles. The van der Waals surface area contributed by atoms with Crippen LogP contribution in [0.2, 0.25) is 0 Å². The van der Waals surface area contributed by atoms with Gasteiger partial charge in [0.05, 0.1) is 5.56 Å². The van der Waals surface area contributed by atoms with Crippen LogP contribution >= 0.6 is 0 Å². The van der Waals surface area contributed by atoms with Crippen molar-refractivity contribution < 1.29 is 5.11 Å². The van der Waals surface area contributed by atoms with Crippen LogP contribution in [-0.4, -0.2) is 23.2 Å². The highest BCUT2D eigenvalue weighted by Crippen LogP contribution is 2.17. The fourth-order valence-electron chi connectivity index (χ4n) is 1.31. The normalized spacial score (nSPS) is 10.2. The Morgan fingerprint density at radius 3 is 2.81 bits per heavy atom. The molecule has 86 valence electrons. The van der Waals surface area contributed by atoms with E-state index in [4.69, 9.17) is 10.4 Å². The third-order valence-electron chi connectivity index (χ3n) is 2.26. The monoisotopic (exact) mass is 219 g/mol. The van der Waals surface area contributed by atoms with Crippen molar-refractivity contribution in [1.29, 1.82) is 5.26 Å². The maximum absolute atomic E-state index is 8.93. The summed E-state index contributed by atoms with van der Waals surface area (Å²) in [5, 5.41) is 20.7. The van der Waals surface area contributed by atoms with E-state index in [1.165, 1.54) is 0 Å². The zero-order valence-corrected chi connectivity index (χ0v) is 9.70. The Morgan fingerprint density at radius 2 is 2.25 bits per heavy atom. The molecule has 0 spiro atoms. The molecule has 0 bridgehead atoms. The van der Waals surface area contributed by atoms with Gasteiger partial charge in [0.2, 0.25) is 0 Å². The SMILES string of the molecule is CC(C)c1ccc(C#N)c(NCCCO)n1. The first-order chi connectivity index (χ1) is 7.69. The van der Waals surface area contributed by atoms with Crippen molar-refractivity contribution >= 4 is 5.82 Å². The maximum Gasteiger partial charge on any atom is 0.144 e. The highest BCUT2D eigenvalue weighted by molar-refractivity contribution is 5.52. The summed E-state index contributed by atoms with van der Waals surface area (Å²) in [7, 11) is 0. The summed E-state index contributed by atoms with van der Waals surface area (Å²) in [6.07, 6.45) is 0.651. The molecular formula is C12H17N3O. The van der Waals surface area contributed by atoms with Crippen molar-refractivity contribution in [2.45, 2.75) is 26.2 Å². The molecule has 0 saturated carbocycles. The molecule has 1 rings (SSSR count). The predicted octanol–water partition coefficient (Wildman–Crippen LogP) is 1.87. The number of nitriles is 1. The zero-order chi connectivity index (χ0) is 12.0. The Balaban J connectivity index is 2.86. The average molecular weight is 219 g/mol. The lowest BCUT2D eigenvalue weighted by atomic mass is 10.1. The number of nitrogens with zero attached hydrogens (tertiary/aromatic N) is 2. The number of aliphatic hydroxyl groups excluding tert-OH is 1. The van der Waals surface area contributed by atoms with Gasteiger partial charge in [-0.2, -0.15) is 5.26 Å². The molecular weight excluding hydrogens is 202 g/mol. The molecule has 1 heterocycles. The maximum atomic E-state index is 8.93. The minimum absolute atomic E-state index is 0.138. The van der Waals surface area contributed by atoms with Gasteiger partial charge in [0, 0.05) is 18.8 Å². The molecule has 0 aliphatic rings. The summed E-state index contributed by atoms with van der Waals surface area (Å²) in [4.78, 5) is 4.40. The molecule has 0 unspecified atom stereocenters. The van der Waals surface area contributed by atoms with Gasteiger partial charge in [-0.25, -0.2) is 4.98 Å². The third kappa shape index (κ3) is 3.21. The second-order valence-electron chi connectivity index (χ2n) is 3.90. The molecule has 4 heteroatoms. The summed E-state index contributed by atoms with van der Waals surface area (Å²) in [6.45, 7) is 4.89. The number of rotatable bonds is 5. The van der Waals surface area contributed by atoms with Crippen molar-refractivity contribution in [1.82, 2.24) is 4.98 Å². The quantitative estimate of drug-likeness (QED) is 0.742. The smallest absolute Gasteiger partial charge is 0.144 e. The minimum Gasteiger partial charge on any atom is -0.396 e. The first-order valence-electron chi connectivity index (χ1n) is 5.44. The van der Waals surface area contributed by atoms with E-state index in [9.17, 15) is 0 Å². The average Bonchev–Trinajstić information content (AvgIpc) is 2.29. The summed E-state index contributed by atoms with van der Waals surface area (Å²) < 4.78 is 0. The van der Waals surface area contributed by atoms with Gasteiger partial charge >= 0.3 is 0 Å². The Morgan fingerprint density at radius 1 is 1.50 bits per heavy atom. The molecule has 0 aliphatic carbocycles. The molecule has 0 amide bonds. The van der Waals surface area contributed by atoms with Crippen molar-refractivity contribution in [3.63, 3.8) is 0 Å². The van der Waals surface area contributed by atoms with E-state index in [1.54, 1.807) is 6.07 Å². The van der Waals surface area contributed by atoms with Gasteiger partial charge < -0.3 is 10.4 Å². The number of hydrogen-bond donors (Lipinski definition) is 2.